The third kappa shape index (κ3) is 5.07. The van der Waals surface area contributed by atoms with Crippen molar-refractivity contribution in [3.05, 3.63) is 69.8 Å². The largest absolute Gasteiger partial charge is 0.573 e. The van der Waals surface area contributed by atoms with E-state index in [1.165, 1.54) is 12.1 Å². The number of benzene rings is 1. The summed E-state index contributed by atoms with van der Waals surface area (Å²) in [5.74, 6) is 0.511. The van der Waals surface area contributed by atoms with Crippen molar-refractivity contribution >= 4 is 22.5 Å². The average Bonchev–Trinajstić information content (AvgIpc) is 3.72. The summed E-state index contributed by atoms with van der Waals surface area (Å²) in [7, 11) is 1.70. The summed E-state index contributed by atoms with van der Waals surface area (Å²) in [6.07, 6.45) is -1.69. The standard InChI is InChI=1S/C28H30F3N5O2/c1-5-20-16-35(23-14-25(37)34(4)22-12-13-24(32-3)33-26(22)23)17(2)15-36(20)27(18-6-7-18)19-8-10-21(11-9-19)38-28(29,30)31/h8-14,17-18,20,27H,5-7,15-16H2,1-2,4H3/t17-,20+,27?/m0/s1. The summed E-state index contributed by atoms with van der Waals surface area (Å²) < 4.78 is 43.6. The zero-order valence-electron chi connectivity index (χ0n) is 21.6. The molecule has 1 aliphatic heterocycles. The molecule has 0 bridgehead atoms. The number of pyridine rings is 2. The molecule has 0 N–H and O–H groups in total. The van der Waals surface area contributed by atoms with Crippen LogP contribution < -0.4 is 15.2 Å². The van der Waals surface area contributed by atoms with Crippen LogP contribution >= 0.6 is 0 Å². The van der Waals surface area contributed by atoms with E-state index in [0.29, 0.717) is 23.5 Å². The molecule has 38 heavy (non-hydrogen) atoms. The SMILES string of the molecule is [C-]#[N+]c1ccc2c(n1)c(N1C[C@@H](CC)N(C(c3ccc(OC(F)(F)F)cc3)C3CC3)C[C@@H]1C)cc(=O)n2C. The Morgan fingerprint density at radius 2 is 1.87 bits per heavy atom. The molecule has 0 spiro atoms. The van der Waals surface area contributed by atoms with Crippen molar-refractivity contribution in [3.63, 3.8) is 0 Å². The fourth-order valence-corrected chi connectivity index (χ4v) is 5.70. The normalized spacial score (nSPS) is 21.3. The van der Waals surface area contributed by atoms with Gasteiger partial charge in [0.2, 0.25) is 5.52 Å². The van der Waals surface area contributed by atoms with Crippen LogP contribution in [0, 0.1) is 12.5 Å². The van der Waals surface area contributed by atoms with Crippen molar-refractivity contribution in [2.75, 3.05) is 18.0 Å². The summed E-state index contributed by atoms with van der Waals surface area (Å²) in [5, 5.41) is 0. The van der Waals surface area contributed by atoms with E-state index < -0.39 is 6.36 Å². The van der Waals surface area contributed by atoms with Gasteiger partial charge in [0.05, 0.1) is 11.2 Å². The highest BCUT2D eigenvalue weighted by Gasteiger charge is 2.43. The van der Waals surface area contributed by atoms with E-state index in [2.05, 4.69) is 38.2 Å². The van der Waals surface area contributed by atoms with Crippen LogP contribution in [-0.4, -0.2) is 46.0 Å². The van der Waals surface area contributed by atoms with Crippen molar-refractivity contribution in [3.8, 4) is 5.75 Å². The number of halogens is 3. The summed E-state index contributed by atoms with van der Waals surface area (Å²) in [5.41, 5.74) is 2.90. The van der Waals surface area contributed by atoms with E-state index >= 15 is 0 Å². The lowest BCUT2D eigenvalue weighted by Crippen LogP contribution is -2.58. The van der Waals surface area contributed by atoms with E-state index in [4.69, 9.17) is 6.57 Å². The lowest BCUT2D eigenvalue weighted by atomic mass is 9.94. The molecule has 1 saturated heterocycles. The van der Waals surface area contributed by atoms with Crippen LogP contribution in [0.1, 0.15) is 44.7 Å². The van der Waals surface area contributed by atoms with Crippen molar-refractivity contribution < 1.29 is 17.9 Å². The fraction of sp³-hybridized carbons (Fsp3) is 0.464. The highest BCUT2D eigenvalue weighted by Crippen LogP contribution is 2.47. The summed E-state index contributed by atoms with van der Waals surface area (Å²) in [4.78, 5) is 25.6. The Kier molecular flexibility index (Phi) is 6.82. The second-order valence-electron chi connectivity index (χ2n) is 10.2. The van der Waals surface area contributed by atoms with E-state index in [1.807, 2.05) is 0 Å². The number of aromatic nitrogens is 2. The highest BCUT2D eigenvalue weighted by molar-refractivity contribution is 5.89. The molecule has 7 nitrogen and oxygen atoms in total. The van der Waals surface area contributed by atoms with Gasteiger partial charge in [-0.15, -0.1) is 18.2 Å². The number of piperazine rings is 1. The molecule has 1 unspecified atom stereocenters. The number of alkyl halides is 3. The Labute approximate surface area is 219 Å². The summed E-state index contributed by atoms with van der Waals surface area (Å²) >= 11 is 0. The van der Waals surface area contributed by atoms with Crippen LogP contribution in [0.5, 0.6) is 5.75 Å². The van der Waals surface area contributed by atoms with Crippen molar-refractivity contribution in [2.24, 2.45) is 13.0 Å². The molecule has 10 heteroatoms. The van der Waals surface area contributed by atoms with E-state index in [9.17, 15) is 18.0 Å². The number of rotatable bonds is 6. The van der Waals surface area contributed by atoms with E-state index in [1.54, 1.807) is 41.9 Å². The molecule has 3 heterocycles. The van der Waals surface area contributed by atoms with Crippen molar-refractivity contribution in [1.29, 1.82) is 0 Å². The molecule has 200 valence electrons. The maximum absolute atomic E-state index is 12.8. The lowest BCUT2D eigenvalue weighted by molar-refractivity contribution is -0.274. The molecule has 2 aromatic heterocycles. The molecule has 2 aliphatic rings. The van der Waals surface area contributed by atoms with Gasteiger partial charge in [0, 0.05) is 44.3 Å². The molecule has 1 aromatic carbocycles. The molecule has 5 rings (SSSR count). The molecular weight excluding hydrogens is 495 g/mol. The first-order valence-electron chi connectivity index (χ1n) is 12.9. The van der Waals surface area contributed by atoms with Gasteiger partial charge in [-0.05, 0) is 61.9 Å². The number of anilines is 1. The summed E-state index contributed by atoms with van der Waals surface area (Å²) in [6.45, 7) is 13.0. The third-order valence-electron chi connectivity index (χ3n) is 7.71. The van der Waals surface area contributed by atoms with Crippen molar-refractivity contribution in [1.82, 2.24) is 14.5 Å². The average molecular weight is 526 g/mol. The summed E-state index contributed by atoms with van der Waals surface area (Å²) in [6, 6.07) is 11.6. The first-order valence-corrected chi connectivity index (χ1v) is 12.9. The Hall–Kier alpha value is -3.58. The molecule has 0 radical (unpaired) electrons. The van der Waals surface area contributed by atoms with Gasteiger partial charge in [0.1, 0.15) is 5.75 Å². The van der Waals surface area contributed by atoms with Crippen LogP contribution in [0.3, 0.4) is 0 Å². The Morgan fingerprint density at radius 3 is 2.47 bits per heavy atom. The first-order chi connectivity index (χ1) is 18.1. The minimum Gasteiger partial charge on any atom is -0.406 e. The quantitative estimate of drug-likeness (QED) is 0.380. The molecule has 0 amide bonds. The number of fused-ring (bicyclic) bond motifs is 1. The van der Waals surface area contributed by atoms with Gasteiger partial charge in [0.25, 0.3) is 11.4 Å². The van der Waals surface area contributed by atoms with Crippen LogP contribution in [0.4, 0.5) is 24.7 Å². The Balaban J connectivity index is 1.47. The third-order valence-corrected chi connectivity index (χ3v) is 7.71. The second kappa shape index (κ2) is 9.95. The van der Waals surface area contributed by atoms with E-state index in [-0.39, 0.29) is 35.3 Å². The van der Waals surface area contributed by atoms with Gasteiger partial charge in [-0.1, -0.05) is 25.6 Å². The van der Waals surface area contributed by atoms with E-state index in [0.717, 1.165) is 37.1 Å². The van der Waals surface area contributed by atoms with Gasteiger partial charge < -0.3 is 19.0 Å². The molecule has 3 aromatic rings. The van der Waals surface area contributed by atoms with Crippen LogP contribution in [0.2, 0.25) is 0 Å². The molecule has 2 fully saturated rings. The van der Waals surface area contributed by atoms with Crippen LogP contribution in [-0.2, 0) is 7.05 Å². The Bertz CT molecular complexity index is 1430. The smallest absolute Gasteiger partial charge is 0.406 e. The second-order valence-corrected chi connectivity index (χ2v) is 10.2. The zero-order valence-corrected chi connectivity index (χ0v) is 21.6. The van der Waals surface area contributed by atoms with Gasteiger partial charge in [-0.25, -0.2) is 0 Å². The van der Waals surface area contributed by atoms with Crippen LogP contribution in [0.15, 0.2) is 47.3 Å². The minimum absolute atomic E-state index is 0.0422. The highest BCUT2D eigenvalue weighted by atomic mass is 19.4. The zero-order chi connectivity index (χ0) is 27.2. The first kappa shape index (κ1) is 26.0. The van der Waals surface area contributed by atoms with Gasteiger partial charge in [-0.3, -0.25) is 9.69 Å². The fourth-order valence-electron chi connectivity index (χ4n) is 5.70. The number of ether oxygens (including phenoxy) is 1. The van der Waals surface area contributed by atoms with Crippen molar-refractivity contribution in [2.45, 2.75) is 57.6 Å². The topological polar surface area (TPSA) is 55.0 Å². The predicted octanol–water partition coefficient (Wildman–Crippen LogP) is 5.82. The molecule has 1 saturated carbocycles. The monoisotopic (exact) mass is 525 g/mol. The van der Waals surface area contributed by atoms with Crippen LogP contribution in [0.25, 0.3) is 15.9 Å². The van der Waals surface area contributed by atoms with Gasteiger partial charge in [0.15, 0.2) is 0 Å². The van der Waals surface area contributed by atoms with Gasteiger partial charge in [-0.2, -0.15) is 0 Å². The number of hydrogen-bond donors (Lipinski definition) is 0. The minimum atomic E-state index is -4.72. The maximum Gasteiger partial charge on any atom is 0.573 e. The predicted molar refractivity (Wildman–Crippen MR) is 139 cm³/mol. The number of aryl methyl sites for hydroxylation is 1. The lowest BCUT2D eigenvalue weighted by Gasteiger charge is -2.49. The molecule has 3 atom stereocenters. The maximum atomic E-state index is 12.8. The molecular formula is C28H30F3N5O2. The number of nitrogens with zero attached hydrogens (tertiary/aromatic N) is 5. The number of hydrogen-bond acceptors (Lipinski definition) is 5. The Morgan fingerprint density at radius 1 is 1.16 bits per heavy atom. The molecule has 1 aliphatic carbocycles. The van der Waals surface area contributed by atoms with Gasteiger partial charge >= 0.3 is 6.36 Å².